The average molecular weight is 329 g/mol. The fraction of sp³-hybridized carbons (Fsp3) is 0.500. The fourth-order valence-corrected chi connectivity index (χ4v) is 2.66. The summed E-state index contributed by atoms with van der Waals surface area (Å²) < 4.78 is 6.62. The van der Waals surface area contributed by atoms with E-state index in [9.17, 15) is 4.79 Å². The SMILES string of the molecule is COc1c(C)c(C)c(Br)c(C)c1CCNC(=O)CN. The summed E-state index contributed by atoms with van der Waals surface area (Å²) in [5.74, 6) is 0.764. The van der Waals surface area contributed by atoms with Crippen molar-refractivity contribution in [1.29, 1.82) is 0 Å². The Hall–Kier alpha value is -1.07. The van der Waals surface area contributed by atoms with Crippen LogP contribution in [0.1, 0.15) is 22.3 Å². The smallest absolute Gasteiger partial charge is 0.233 e. The van der Waals surface area contributed by atoms with Gasteiger partial charge in [0.2, 0.25) is 5.91 Å². The number of hydrogen-bond donors (Lipinski definition) is 2. The number of rotatable bonds is 5. The van der Waals surface area contributed by atoms with E-state index in [1.165, 1.54) is 5.56 Å². The highest BCUT2D eigenvalue weighted by molar-refractivity contribution is 9.10. The van der Waals surface area contributed by atoms with Gasteiger partial charge in [0.25, 0.3) is 0 Å². The van der Waals surface area contributed by atoms with E-state index in [4.69, 9.17) is 10.5 Å². The standard InChI is InChI=1S/C14H21BrN2O2/c1-8-9(2)14(19-4)11(10(3)13(8)15)5-6-17-12(18)7-16/h5-7,16H2,1-4H3,(H,17,18). The maximum Gasteiger partial charge on any atom is 0.233 e. The van der Waals surface area contributed by atoms with Crippen LogP contribution in [0.3, 0.4) is 0 Å². The molecule has 0 heterocycles. The second-order valence-corrected chi connectivity index (χ2v) is 5.30. The van der Waals surface area contributed by atoms with Crippen LogP contribution in [0.25, 0.3) is 0 Å². The van der Waals surface area contributed by atoms with Crippen LogP contribution in [0.15, 0.2) is 4.47 Å². The van der Waals surface area contributed by atoms with Gasteiger partial charge in [0.1, 0.15) is 5.75 Å². The Kier molecular flexibility index (Phi) is 5.82. The Morgan fingerprint density at radius 2 is 1.89 bits per heavy atom. The van der Waals surface area contributed by atoms with Gasteiger partial charge in [-0.25, -0.2) is 0 Å². The number of benzene rings is 1. The molecule has 0 bridgehead atoms. The summed E-state index contributed by atoms with van der Waals surface area (Å²) in [5.41, 5.74) is 9.85. The number of ether oxygens (including phenoxy) is 1. The van der Waals surface area contributed by atoms with E-state index in [1.807, 2.05) is 6.92 Å². The number of halogens is 1. The van der Waals surface area contributed by atoms with Gasteiger partial charge >= 0.3 is 0 Å². The summed E-state index contributed by atoms with van der Waals surface area (Å²) >= 11 is 3.62. The number of nitrogens with two attached hydrogens (primary N) is 1. The van der Waals surface area contributed by atoms with Crippen LogP contribution < -0.4 is 15.8 Å². The summed E-state index contributed by atoms with van der Waals surface area (Å²) in [6.45, 7) is 6.74. The van der Waals surface area contributed by atoms with Crippen LogP contribution >= 0.6 is 15.9 Å². The summed E-state index contributed by atoms with van der Waals surface area (Å²) in [4.78, 5) is 11.2. The Morgan fingerprint density at radius 1 is 1.26 bits per heavy atom. The first-order valence-corrected chi connectivity index (χ1v) is 7.02. The Morgan fingerprint density at radius 3 is 2.42 bits per heavy atom. The average Bonchev–Trinajstić information content (AvgIpc) is 2.41. The molecule has 0 unspecified atom stereocenters. The lowest BCUT2D eigenvalue weighted by molar-refractivity contribution is -0.119. The highest BCUT2D eigenvalue weighted by Gasteiger charge is 2.16. The predicted octanol–water partition coefficient (Wildman–Crippen LogP) is 2.00. The molecule has 0 aliphatic rings. The molecule has 0 atom stereocenters. The van der Waals surface area contributed by atoms with Crippen LogP contribution in [-0.4, -0.2) is 26.1 Å². The zero-order valence-corrected chi connectivity index (χ0v) is 13.5. The van der Waals surface area contributed by atoms with Crippen molar-refractivity contribution in [2.24, 2.45) is 5.73 Å². The number of methoxy groups -OCH3 is 1. The van der Waals surface area contributed by atoms with Crippen LogP contribution in [0, 0.1) is 20.8 Å². The predicted molar refractivity (Wildman–Crippen MR) is 80.7 cm³/mol. The summed E-state index contributed by atoms with van der Waals surface area (Å²) in [5, 5.41) is 2.78. The lowest BCUT2D eigenvalue weighted by Crippen LogP contribution is -2.31. The molecule has 0 radical (unpaired) electrons. The van der Waals surface area contributed by atoms with Gasteiger partial charge in [-0.15, -0.1) is 0 Å². The molecule has 106 valence electrons. The second-order valence-electron chi connectivity index (χ2n) is 4.50. The highest BCUT2D eigenvalue weighted by atomic mass is 79.9. The van der Waals surface area contributed by atoms with Gasteiger partial charge in [0.15, 0.2) is 0 Å². The zero-order chi connectivity index (χ0) is 14.6. The minimum absolute atomic E-state index is 0.0206. The minimum atomic E-state index is -0.139. The third-order valence-electron chi connectivity index (χ3n) is 3.38. The third-order valence-corrected chi connectivity index (χ3v) is 4.56. The van der Waals surface area contributed by atoms with Gasteiger partial charge in [-0.1, -0.05) is 15.9 Å². The molecule has 4 nitrogen and oxygen atoms in total. The fourth-order valence-electron chi connectivity index (χ4n) is 2.12. The van der Waals surface area contributed by atoms with Crippen molar-refractivity contribution in [1.82, 2.24) is 5.32 Å². The summed E-state index contributed by atoms with van der Waals surface area (Å²) in [6, 6.07) is 0. The van der Waals surface area contributed by atoms with Gasteiger partial charge in [-0.2, -0.15) is 0 Å². The lowest BCUT2D eigenvalue weighted by atomic mass is 9.97. The molecule has 1 aromatic rings. The van der Waals surface area contributed by atoms with Gasteiger partial charge in [-0.05, 0) is 43.9 Å². The Labute approximate surface area is 122 Å². The van der Waals surface area contributed by atoms with E-state index >= 15 is 0 Å². The number of amides is 1. The van der Waals surface area contributed by atoms with Crippen LogP contribution in [0.4, 0.5) is 0 Å². The normalized spacial score (nSPS) is 10.4. The third kappa shape index (κ3) is 3.48. The molecular weight excluding hydrogens is 308 g/mol. The van der Waals surface area contributed by atoms with E-state index in [0.29, 0.717) is 6.54 Å². The summed E-state index contributed by atoms with van der Waals surface area (Å²) in [6.07, 6.45) is 0.723. The molecule has 3 N–H and O–H groups in total. The molecule has 0 saturated carbocycles. The highest BCUT2D eigenvalue weighted by Crippen LogP contribution is 2.36. The molecule has 0 spiro atoms. The van der Waals surface area contributed by atoms with Crippen molar-refractivity contribution in [2.45, 2.75) is 27.2 Å². The molecule has 0 fully saturated rings. The Balaban J connectivity index is 3.02. The maximum atomic E-state index is 11.2. The molecule has 0 aromatic heterocycles. The first kappa shape index (κ1) is 16.0. The van der Waals surface area contributed by atoms with Crippen LogP contribution in [0.5, 0.6) is 5.75 Å². The number of carbonyl (C=O) groups is 1. The molecule has 0 saturated heterocycles. The topological polar surface area (TPSA) is 64.3 Å². The first-order chi connectivity index (χ1) is 8.93. The van der Waals surface area contributed by atoms with Crippen molar-refractivity contribution in [3.05, 3.63) is 26.7 Å². The van der Waals surface area contributed by atoms with Crippen molar-refractivity contribution in [3.63, 3.8) is 0 Å². The minimum Gasteiger partial charge on any atom is -0.496 e. The molecule has 1 amide bonds. The molecule has 0 aliphatic carbocycles. The number of hydrogen-bond acceptors (Lipinski definition) is 3. The van der Waals surface area contributed by atoms with E-state index in [0.717, 1.165) is 33.3 Å². The van der Waals surface area contributed by atoms with Gasteiger partial charge in [0.05, 0.1) is 13.7 Å². The molecular formula is C14H21BrN2O2. The number of nitrogens with one attached hydrogen (secondary N) is 1. The van der Waals surface area contributed by atoms with E-state index in [2.05, 4.69) is 35.1 Å². The molecule has 1 aromatic carbocycles. The van der Waals surface area contributed by atoms with Crippen molar-refractivity contribution < 1.29 is 9.53 Å². The van der Waals surface area contributed by atoms with Crippen molar-refractivity contribution >= 4 is 21.8 Å². The van der Waals surface area contributed by atoms with Crippen molar-refractivity contribution in [3.8, 4) is 5.75 Å². The molecule has 1 rings (SSSR count). The van der Waals surface area contributed by atoms with Gasteiger partial charge in [0, 0.05) is 16.6 Å². The van der Waals surface area contributed by atoms with Gasteiger partial charge in [-0.3, -0.25) is 4.79 Å². The Bertz CT molecular complexity index is 487. The molecule has 0 aliphatic heterocycles. The van der Waals surface area contributed by atoms with Crippen molar-refractivity contribution in [2.75, 3.05) is 20.2 Å². The van der Waals surface area contributed by atoms with E-state index in [-0.39, 0.29) is 12.5 Å². The van der Waals surface area contributed by atoms with Gasteiger partial charge < -0.3 is 15.8 Å². The van der Waals surface area contributed by atoms with Crippen LogP contribution in [0.2, 0.25) is 0 Å². The lowest BCUT2D eigenvalue weighted by Gasteiger charge is -2.19. The quantitative estimate of drug-likeness (QED) is 0.868. The molecule has 5 heteroatoms. The largest absolute Gasteiger partial charge is 0.496 e. The first-order valence-electron chi connectivity index (χ1n) is 6.22. The number of carbonyl (C=O) groups excluding carboxylic acids is 1. The zero-order valence-electron chi connectivity index (χ0n) is 11.9. The second kappa shape index (κ2) is 6.91. The van der Waals surface area contributed by atoms with Crippen LogP contribution in [-0.2, 0) is 11.2 Å². The summed E-state index contributed by atoms with van der Waals surface area (Å²) in [7, 11) is 1.68. The van der Waals surface area contributed by atoms with E-state index in [1.54, 1.807) is 7.11 Å². The van der Waals surface area contributed by atoms with E-state index < -0.39 is 0 Å². The maximum absolute atomic E-state index is 11.2. The monoisotopic (exact) mass is 328 g/mol. The molecule has 19 heavy (non-hydrogen) atoms.